The van der Waals surface area contributed by atoms with Crippen LogP contribution in [0.25, 0.3) is 11.0 Å². The Labute approximate surface area is 122 Å². The maximum atomic E-state index is 5.70. The van der Waals surface area contributed by atoms with E-state index in [1.165, 1.54) is 5.56 Å². The van der Waals surface area contributed by atoms with Crippen LogP contribution in [0.1, 0.15) is 11.4 Å². The molecule has 4 nitrogen and oxygen atoms in total. The molecule has 0 fully saturated rings. The number of benzene rings is 1. The quantitative estimate of drug-likeness (QED) is 0.559. The monoisotopic (exact) mass is 286 g/mol. The van der Waals surface area contributed by atoms with Crippen molar-refractivity contribution in [1.29, 1.82) is 0 Å². The van der Waals surface area contributed by atoms with Crippen molar-refractivity contribution in [3.05, 3.63) is 52.5 Å². The number of aryl methyl sites for hydroxylation is 1. The number of hydrazine groups is 1. The minimum absolute atomic E-state index is 0.195. The first-order chi connectivity index (χ1) is 9.78. The van der Waals surface area contributed by atoms with E-state index in [0.29, 0.717) is 0 Å². The lowest BCUT2D eigenvalue weighted by molar-refractivity contribution is 0.506. The Morgan fingerprint density at radius 1 is 1.30 bits per heavy atom. The summed E-state index contributed by atoms with van der Waals surface area (Å²) in [6.07, 6.45) is 1.74. The first kappa shape index (κ1) is 13.3. The van der Waals surface area contributed by atoms with Crippen LogP contribution in [-0.4, -0.2) is 15.6 Å². The molecule has 0 aliphatic heterocycles. The summed E-state index contributed by atoms with van der Waals surface area (Å²) >= 11 is 1.72. The highest BCUT2D eigenvalue weighted by molar-refractivity contribution is 7.07. The summed E-state index contributed by atoms with van der Waals surface area (Å²) in [4.78, 5) is 4.70. The van der Waals surface area contributed by atoms with Gasteiger partial charge >= 0.3 is 0 Å². The zero-order valence-corrected chi connectivity index (χ0v) is 12.2. The largest absolute Gasteiger partial charge is 0.331 e. The lowest BCUT2D eigenvalue weighted by Crippen LogP contribution is -2.39. The maximum absolute atomic E-state index is 5.70. The van der Waals surface area contributed by atoms with Gasteiger partial charge in [-0.05, 0) is 40.9 Å². The Balaban J connectivity index is 1.82. The summed E-state index contributed by atoms with van der Waals surface area (Å²) < 4.78 is 2.15. The van der Waals surface area contributed by atoms with Crippen LogP contribution in [0.4, 0.5) is 0 Å². The highest BCUT2D eigenvalue weighted by atomic mass is 32.1. The third-order valence-electron chi connectivity index (χ3n) is 3.61. The third kappa shape index (κ3) is 2.60. The predicted molar refractivity (Wildman–Crippen MR) is 83.6 cm³/mol. The van der Waals surface area contributed by atoms with Crippen LogP contribution in [-0.2, 0) is 19.9 Å². The van der Waals surface area contributed by atoms with Crippen LogP contribution in [0.15, 0.2) is 41.1 Å². The minimum Gasteiger partial charge on any atom is -0.331 e. The average Bonchev–Trinajstić information content (AvgIpc) is 3.08. The summed E-state index contributed by atoms with van der Waals surface area (Å²) in [6.45, 7) is 0. The number of imidazole rings is 1. The van der Waals surface area contributed by atoms with E-state index in [0.717, 1.165) is 29.7 Å². The number of nitrogens with one attached hydrogen (secondary N) is 1. The number of fused-ring (bicyclic) bond motifs is 1. The summed E-state index contributed by atoms with van der Waals surface area (Å²) in [6, 6.07) is 10.5. The van der Waals surface area contributed by atoms with E-state index < -0.39 is 0 Å². The summed E-state index contributed by atoms with van der Waals surface area (Å²) in [5, 5.41) is 4.26. The Hall–Kier alpha value is -1.69. The van der Waals surface area contributed by atoms with Crippen molar-refractivity contribution in [2.45, 2.75) is 18.9 Å². The van der Waals surface area contributed by atoms with E-state index in [2.05, 4.69) is 39.9 Å². The van der Waals surface area contributed by atoms with Gasteiger partial charge in [0.15, 0.2) is 0 Å². The normalized spacial score (nSPS) is 12.9. The van der Waals surface area contributed by atoms with Gasteiger partial charge in [0, 0.05) is 19.5 Å². The predicted octanol–water partition coefficient (Wildman–Crippen LogP) is 2.25. The van der Waals surface area contributed by atoms with E-state index in [-0.39, 0.29) is 6.04 Å². The van der Waals surface area contributed by atoms with Gasteiger partial charge in [0.05, 0.1) is 11.0 Å². The molecule has 0 spiro atoms. The lowest BCUT2D eigenvalue weighted by atomic mass is 10.1. The van der Waals surface area contributed by atoms with E-state index >= 15 is 0 Å². The highest BCUT2D eigenvalue weighted by Crippen LogP contribution is 2.17. The van der Waals surface area contributed by atoms with Gasteiger partial charge in [-0.1, -0.05) is 12.1 Å². The molecule has 0 amide bonds. The number of hydrogen-bond donors (Lipinski definition) is 2. The molecule has 0 saturated heterocycles. The average molecular weight is 286 g/mol. The van der Waals surface area contributed by atoms with Crippen LogP contribution in [0.3, 0.4) is 0 Å². The second-order valence-corrected chi connectivity index (χ2v) is 5.76. The molecule has 3 aromatic rings. The Morgan fingerprint density at radius 2 is 2.15 bits per heavy atom. The smallest absolute Gasteiger partial charge is 0.111 e. The molecule has 5 heteroatoms. The topological polar surface area (TPSA) is 55.9 Å². The fourth-order valence-corrected chi connectivity index (χ4v) is 3.16. The molecule has 2 heterocycles. The van der Waals surface area contributed by atoms with Gasteiger partial charge in [0.1, 0.15) is 5.82 Å². The van der Waals surface area contributed by atoms with E-state index in [4.69, 9.17) is 10.8 Å². The standard InChI is InChI=1S/C15H18N4S/c1-19-14-5-3-2-4-13(14)17-15(19)9-12(18-16)8-11-6-7-20-10-11/h2-7,10,12,18H,8-9,16H2,1H3. The highest BCUT2D eigenvalue weighted by Gasteiger charge is 2.14. The SMILES string of the molecule is Cn1c(CC(Cc2ccsc2)NN)nc2ccccc21. The van der Waals surface area contributed by atoms with Crippen molar-refractivity contribution >= 4 is 22.4 Å². The number of aromatic nitrogens is 2. The Bertz CT molecular complexity index is 687. The van der Waals surface area contributed by atoms with Crippen LogP contribution < -0.4 is 11.3 Å². The second-order valence-electron chi connectivity index (χ2n) is 4.98. The van der Waals surface area contributed by atoms with Crippen molar-refractivity contribution in [2.75, 3.05) is 0 Å². The van der Waals surface area contributed by atoms with Crippen molar-refractivity contribution in [2.24, 2.45) is 12.9 Å². The number of nitrogens with two attached hydrogens (primary N) is 1. The summed E-state index contributed by atoms with van der Waals surface area (Å²) in [7, 11) is 2.06. The van der Waals surface area contributed by atoms with Gasteiger partial charge in [0.2, 0.25) is 0 Å². The number of para-hydroxylation sites is 2. The number of rotatable bonds is 5. The van der Waals surface area contributed by atoms with Crippen LogP contribution in [0, 0.1) is 0 Å². The molecule has 1 atom stereocenters. The van der Waals surface area contributed by atoms with Crippen molar-refractivity contribution in [1.82, 2.24) is 15.0 Å². The Kier molecular flexibility index (Phi) is 3.82. The van der Waals surface area contributed by atoms with Gasteiger partial charge in [-0.2, -0.15) is 11.3 Å². The molecule has 0 radical (unpaired) electrons. The fraction of sp³-hybridized carbons (Fsp3) is 0.267. The molecule has 0 saturated carbocycles. The van der Waals surface area contributed by atoms with Gasteiger partial charge in [-0.3, -0.25) is 11.3 Å². The molecule has 20 heavy (non-hydrogen) atoms. The van der Waals surface area contributed by atoms with Crippen LogP contribution in [0.2, 0.25) is 0 Å². The van der Waals surface area contributed by atoms with Crippen molar-refractivity contribution in [3.63, 3.8) is 0 Å². The van der Waals surface area contributed by atoms with E-state index in [1.807, 2.05) is 18.2 Å². The molecule has 0 aliphatic rings. The first-order valence-electron chi connectivity index (χ1n) is 6.65. The zero-order valence-electron chi connectivity index (χ0n) is 11.4. The molecule has 3 rings (SSSR count). The Morgan fingerprint density at radius 3 is 2.85 bits per heavy atom. The van der Waals surface area contributed by atoms with Crippen molar-refractivity contribution < 1.29 is 0 Å². The minimum atomic E-state index is 0.195. The first-order valence-corrected chi connectivity index (χ1v) is 7.59. The molecule has 0 bridgehead atoms. The van der Waals surface area contributed by atoms with Gasteiger partial charge in [0.25, 0.3) is 0 Å². The van der Waals surface area contributed by atoms with Crippen LogP contribution in [0.5, 0.6) is 0 Å². The van der Waals surface area contributed by atoms with Crippen LogP contribution >= 0.6 is 11.3 Å². The fourth-order valence-electron chi connectivity index (χ4n) is 2.48. The molecular weight excluding hydrogens is 268 g/mol. The van der Waals surface area contributed by atoms with E-state index in [9.17, 15) is 0 Å². The molecular formula is C15H18N4S. The maximum Gasteiger partial charge on any atom is 0.111 e. The molecule has 1 aromatic carbocycles. The number of hydrogen-bond acceptors (Lipinski definition) is 4. The number of thiophene rings is 1. The molecule has 1 unspecified atom stereocenters. The summed E-state index contributed by atoms with van der Waals surface area (Å²) in [5.74, 6) is 6.76. The van der Waals surface area contributed by atoms with Gasteiger partial charge < -0.3 is 4.57 Å². The second kappa shape index (κ2) is 5.75. The van der Waals surface area contributed by atoms with Gasteiger partial charge in [-0.15, -0.1) is 0 Å². The number of nitrogens with zero attached hydrogens (tertiary/aromatic N) is 2. The zero-order chi connectivity index (χ0) is 13.9. The molecule has 2 aromatic heterocycles. The van der Waals surface area contributed by atoms with E-state index in [1.54, 1.807) is 11.3 Å². The molecule has 3 N–H and O–H groups in total. The molecule has 0 aliphatic carbocycles. The summed E-state index contributed by atoms with van der Waals surface area (Å²) in [5.41, 5.74) is 6.43. The van der Waals surface area contributed by atoms with Gasteiger partial charge in [-0.25, -0.2) is 4.98 Å². The third-order valence-corrected chi connectivity index (χ3v) is 4.34. The van der Waals surface area contributed by atoms with Crippen molar-refractivity contribution in [3.8, 4) is 0 Å². The molecule has 104 valence electrons. The lowest BCUT2D eigenvalue weighted by Gasteiger charge is -2.14.